The van der Waals surface area contributed by atoms with Gasteiger partial charge in [-0.15, -0.1) is 0 Å². The number of hydrogen-bond acceptors (Lipinski definition) is 4. The molecule has 0 saturated carbocycles. The summed E-state index contributed by atoms with van der Waals surface area (Å²) in [6.45, 7) is 0. The fourth-order valence-electron chi connectivity index (χ4n) is 3.13. The molecule has 0 amide bonds. The van der Waals surface area contributed by atoms with Crippen LogP contribution in [0, 0.1) is 11.6 Å². The van der Waals surface area contributed by atoms with Gasteiger partial charge in [0.05, 0.1) is 17.5 Å². The Morgan fingerprint density at radius 1 is 1.18 bits per heavy atom. The molecular weight excluding hydrogens is 290 g/mol. The molecule has 0 fully saturated rings. The van der Waals surface area contributed by atoms with Crippen molar-refractivity contribution in [2.75, 3.05) is 0 Å². The summed E-state index contributed by atoms with van der Waals surface area (Å²) >= 11 is 0. The van der Waals surface area contributed by atoms with Crippen LogP contribution in [0.3, 0.4) is 0 Å². The Labute approximate surface area is 125 Å². The lowest BCUT2D eigenvalue weighted by Crippen LogP contribution is -2.21. The third-order valence-electron chi connectivity index (χ3n) is 4.17. The number of benzene rings is 1. The number of oxime groups is 1. The molecule has 1 aliphatic heterocycles. The number of pyridine rings is 1. The Morgan fingerprint density at radius 2 is 2.05 bits per heavy atom. The van der Waals surface area contributed by atoms with E-state index in [1.54, 1.807) is 18.3 Å². The zero-order chi connectivity index (χ0) is 15.3. The van der Waals surface area contributed by atoms with Crippen LogP contribution in [0.5, 0.6) is 5.75 Å². The van der Waals surface area contributed by atoms with E-state index in [1.165, 1.54) is 6.07 Å². The Bertz CT molecular complexity index is 792. The second kappa shape index (κ2) is 4.84. The van der Waals surface area contributed by atoms with Gasteiger partial charge in [0.1, 0.15) is 0 Å². The first-order valence-corrected chi connectivity index (χ1v) is 7.03. The number of aromatic nitrogens is 1. The summed E-state index contributed by atoms with van der Waals surface area (Å²) in [6.07, 6.45) is 1.65. The predicted octanol–water partition coefficient (Wildman–Crippen LogP) is 3.07. The summed E-state index contributed by atoms with van der Waals surface area (Å²) in [4.78, 5) is 9.44. The van der Waals surface area contributed by atoms with Crippen LogP contribution < -0.4 is 4.84 Å². The van der Waals surface area contributed by atoms with Crippen molar-refractivity contribution in [1.82, 2.24) is 4.98 Å². The van der Waals surface area contributed by atoms with E-state index in [9.17, 15) is 13.9 Å². The molecular formula is C16H12F2N2O2. The molecule has 1 aromatic heterocycles. The van der Waals surface area contributed by atoms with Crippen molar-refractivity contribution in [2.24, 2.45) is 5.16 Å². The van der Waals surface area contributed by atoms with E-state index in [1.807, 2.05) is 0 Å². The molecule has 2 aliphatic rings. The van der Waals surface area contributed by atoms with E-state index in [0.29, 0.717) is 29.8 Å². The summed E-state index contributed by atoms with van der Waals surface area (Å²) in [6, 6.07) is 5.87. The monoisotopic (exact) mass is 302 g/mol. The summed E-state index contributed by atoms with van der Waals surface area (Å²) in [5.41, 5.74) is 1.75. The average molecular weight is 302 g/mol. The molecule has 1 aromatic carbocycles. The molecule has 0 saturated heterocycles. The Balaban J connectivity index is 1.93. The van der Waals surface area contributed by atoms with E-state index in [4.69, 9.17) is 4.84 Å². The summed E-state index contributed by atoms with van der Waals surface area (Å²) < 4.78 is 27.9. The van der Waals surface area contributed by atoms with Crippen molar-refractivity contribution in [2.45, 2.75) is 24.9 Å². The van der Waals surface area contributed by atoms with Crippen molar-refractivity contribution in [3.63, 3.8) is 0 Å². The van der Waals surface area contributed by atoms with Crippen molar-refractivity contribution < 1.29 is 18.7 Å². The predicted molar refractivity (Wildman–Crippen MR) is 74.7 cm³/mol. The topological polar surface area (TPSA) is 54.7 Å². The number of fused-ring (bicyclic) bond motifs is 5. The smallest absolute Gasteiger partial charge is 0.166 e. The molecule has 2 atom stereocenters. The molecule has 0 spiro atoms. The minimum Gasteiger partial charge on any atom is -0.387 e. The van der Waals surface area contributed by atoms with Crippen LogP contribution in [-0.2, 0) is 0 Å². The molecule has 0 unspecified atom stereocenters. The van der Waals surface area contributed by atoms with Gasteiger partial charge < -0.3 is 9.94 Å². The highest BCUT2D eigenvalue weighted by Gasteiger charge is 2.36. The van der Waals surface area contributed by atoms with Crippen molar-refractivity contribution in [1.29, 1.82) is 0 Å². The first kappa shape index (κ1) is 13.3. The van der Waals surface area contributed by atoms with Crippen LogP contribution in [0.1, 0.15) is 41.7 Å². The quantitative estimate of drug-likeness (QED) is 0.813. The highest BCUT2D eigenvalue weighted by molar-refractivity contribution is 6.07. The maximum atomic E-state index is 14.3. The van der Waals surface area contributed by atoms with Gasteiger partial charge in [0.25, 0.3) is 0 Å². The second-order valence-corrected chi connectivity index (χ2v) is 5.42. The molecule has 2 heterocycles. The zero-order valence-electron chi connectivity index (χ0n) is 11.5. The van der Waals surface area contributed by atoms with Crippen LogP contribution in [0.25, 0.3) is 0 Å². The zero-order valence-corrected chi connectivity index (χ0v) is 11.5. The van der Waals surface area contributed by atoms with Gasteiger partial charge in [-0.05, 0) is 37.1 Å². The maximum absolute atomic E-state index is 14.3. The fraction of sp³-hybridized carbons (Fsp3) is 0.250. The highest BCUT2D eigenvalue weighted by atomic mass is 19.2. The van der Waals surface area contributed by atoms with Crippen LogP contribution in [0.4, 0.5) is 8.78 Å². The molecule has 4 rings (SSSR count). The van der Waals surface area contributed by atoms with Crippen LogP contribution in [0.15, 0.2) is 35.6 Å². The largest absolute Gasteiger partial charge is 0.387 e. The minimum absolute atomic E-state index is 0.161. The van der Waals surface area contributed by atoms with Crippen LogP contribution >= 0.6 is 0 Å². The number of aliphatic hydroxyl groups excluding tert-OH is 1. The summed E-state index contributed by atoms with van der Waals surface area (Å²) in [7, 11) is 0. The van der Waals surface area contributed by atoms with Crippen molar-refractivity contribution >= 4 is 5.71 Å². The first-order valence-electron chi connectivity index (χ1n) is 7.03. The Morgan fingerprint density at radius 3 is 2.91 bits per heavy atom. The van der Waals surface area contributed by atoms with Crippen molar-refractivity contribution in [3.8, 4) is 5.75 Å². The number of hydrogen-bond donors (Lipinski definition) is 1. The van der Waals surface area contributed by atoms with Gasteiger partial charge in [-0.3, -0.25) is 4.98 Å². The van der Waals surface area contributed by atoms with E-state index < -0.39 is 23.7 Å². The Kier molecular flexibility index (Phi) is 2.94. The number of nitrogens with zero attached hydrogens (tertiary/aromatic N) is 2. The van der Waals surface area contributed by atoms with E-state index in [2.05, 4.69) is 10.1 Å². The molecule has 2 aromatic rings. The summed E-state index contributed by atoms with van der Waals surface area (Å²) in [5.74, 6) is -2.08. The molecule has 1 aliphatic carbocycles. The molecule has 6 heteroatoms. The van der Waals surface area contributed by atoms with Crippen molar-refractivity contribution in [3.05, 3.63) is 58.9 Å². The minimum atomic E-state index is -0.920. The van der Waals surface area contributed by atoms with Gasteiger partial charge in [0, 0.05) is 23.2 Å². The van der Waals surface area contributed by atoms with Gasteiger partial charge >= 0.3 is 0 Å². The number of aliphatic hydroxyl groups is 1. The molecule has 0 bridgehead atoms. The lowest BCUT2D eigenvalue weighted by molar-refractivity contribution is 0.160. The van der Waals surface area contributed by atoms with Gasteiger partial charge in [-0.25, -0.2) is 8.78 Å². The molecule has 112 valence electrons. The first-order chi connectivity index (χ1) is 10.7. The molecule has 4 nitrogen and oxygen atoms in total. The SMILES string of the molecule is O[C@@H]1CC[C@@H]2C(=NOc3ccc(F)c(F)c32)c2cccnc21. The second-order valence-electron chi connectivity index (χ2n) is 5.42. The molecule has 0 radical (unpaired) electrons. The van der Waals surface area contributed by atoms with E-state index >= 15 is 0 Å². The average Bonchev–Trinajstić information content (AvgIpc) is 2.69. The molecule has 1 N–H and O–H groups in total. The van der Waals surface area contributed by atoms with E-state index in [-0.39, 0.29) is 11.3 Å². The van der Waals surface area contributed by atoms with Gasteiger partial charge in [-0.2, -0.15) is 0 Å². The third kappa shape index (κ3) is 1.84. The highest BCUT2D eigenvalue weighted by Crippen LogP contribution is 2.43. The standard InChI is InChI=1S/C16H12F2N2O2/c17-10-4-6-12-13(14(10)18)8-3-5-11(21)16-9(2-1-7-19-16)15(8)20-22-12/h1-2,4,6-8,11,21H,3,5H2/t8-,11+/m0/s1. The maximum Gasteiger partial charge on any atom is 0.166 e. The number of halogens is 2. The van der Waals surface area contributed by atoms with Crippen LogP contribution in [-0.4, -0.2) is 15.8 Å². The third-order valence-corrected chi connectivity index (χ3v) is 4.17. The molecule has 22 heavy (non-hydrogen) atoms. The normalized spacial score (nSPS) is 22.6. The lowest BCUT2D eigenvalue weighted by atomic mass is 9.86. The van der Waals surface area contributed by atoms with Gasteiger partial charge in [0.15, 0.2) is 17.4 Å². The van der Waals surface area contributed by atoms with Gasteiger partial charge in [-0.1, -0.05) is 5.16 Å². The summed E-state index contributed by atoms with van der Waals surface area (Å²) in [5, 5.41) is 14.3. The lowest BCUT2D eigenvalue weighted by Gasteiger charge is -2.24. The van der Waals surface area contributed by atoms with E-state index in [0.717, 1.165) is 6.07 Å². The Hall–Kier alpha value is -2.34. The number of rotatable bonds is 0. The van der Waals surface area contributed by atoms with Crippen LogP contribution in [0.2, 0.25) is 0 Å². The fourth-order valence-corrected chi connectivity index (χ4v) is 3.13. The van der Waals surface area contributed by atoms with Gasteiger partial charge in [0.2, 0.25) is 0 Å².